The Morgan fingerprint density at radius 2 is 2.24 bits per heavy atom. The summed E-state index contributed by atoms with van der Waals surface area (Å²) in [6, 6.07) is 7.69. The lowest BCUT2D eigenvalue weighted by molar-refractivity contribution is 0.332. The Morgan fingerprint density at radius 1 is 1.35 bits per heavy atom. The van der Waals surface area contributed by atoms with Crippen LogP contribution < -0.4 is 16.4 Å². The number of aromatic amines is 1. The minimum Gasteiger partial charge on any atom is -0.350 e. The number of nitrogens with zero attached hydrogens (tertiary/aromatic N) is 1. The van der Waals surface area contributed by atoms with Crippen LogP contribution in [0.15, 0.2) is 29.1 Å². The van der Waals surface area contributed by atoms with Crippen LogP contribution in [0.2, 0.25) is 0 Å². The van der Waals surface area contributed by atoms with Gasteiger partial charge in [0.2, 0.25) is 0 Å². The van der Waals surface area contributed by atoms with Crippen LogP contribution in [0.25, 0.3) is 10.9 Å². The molecule has 1 fully saturated rings. The van der Waals surface area contributed by atoms with Crippen LogP contribution in [-0.4, -0.2) is 29.4 Å². The number of nitrogens with one attached hydrogen (secondary N) is 2. The van der Waals surface area contributed by atoms with E-state index in [1.807, 2.05) is 24.3 Å². The van der Waals surface area contributed by atoms with Crippen LogP contribution in [0.3, 0.4) is 0 Å². The molecule has 2 heterocycles. The van der Waals surface area contributed by atoms with Crippen LogP contribution in [0.5, 0.6) is 0 Å². The zero-order chi connectivity index (χ0) is 11.7. The molecule has 0 bridgehead atoms. The van der Waals surface area contributed by atoms with Crippen molar-refractivity contribution in [1.82, 2.24) is 15.3 Å². The Morgan fingerprint density at radius 3 is 3.06 bits per heavy atom. The molecule has 2 aromatic rings. The van der Waals surface area contributed by atoms with Crippen molar-refractivity contribution in [3.05, 3.63) is 34.7 Å². The summed E-state index contributed by atoms with van der Waals surface area (Å²) in [4.78, 5) is 18.3. The first kappa shape index (κ1) is 10.8. The van der Waals surface area contributed by atoms with E-state index in [4.69, 9.17) is 4.52 Å². The number of H-pyrrole nitrogens is 1. The van der Waals surface area contributed by atoms with E-state index in [0.717, 1.165) is 29.2 Å². The van der Waals surface area contributed by atoms with Gasteiger partial charge in [-0.15, -0.1) is 0 Å². The Balaban J connectivity index is 2.16. The second kappa shape index (κ2) is 4.53. The molecule has 3 rings (SSSR count). The van der Waals surface area contributed by atoms with Crippen molar-refractivity contribution in [3.8, 4) is 0 Å². The normalized spacial score (nSPS) is 20.6. The molecule has 1 unspecified atom stereocenters. The summed E-state index contributed by atoms with van der Waals surface area (Å²) in [7, 11) is -0.825. The lowest BCUT2D eigenvalue weighted by atomic mass is 10.2. The smallest absolute Gasteiger partial charge is 0.346 e. The Labute approximate surface area is 99.1 Å². The van der Waals surface area contributed by atoms with E-state index in [-0.39, 0.29) is 5.69 Å². The van der Waals surface area contributed by atoms with Crippen molar-refractivity contribution in [2.45, 2.75) is 0 Å². The molecule has 1 aromatic heterocycles. The first-order valence-electron chi connectivity index (χ1n) is 5.45. The molecule has 0 spiro atoms. The fourth-order valence-electron chi connectivity index (χ4n) is 1.87. The lowest BCUT2D eigenvalue weighted by Crippen LogP contribution is -2.32. The highest BCUT2D eigenvalue weighted by Gasteiger charge is 2.20. The van der Waals surface area contributed by atoms with Crippen LogP contribution in [0.1, 0.15) is 0 Å². The molecular formula is C11H12N3O2P. The first-order chi connectivity index (χ1) is 8.34. The molecule has 1 saturated heterocycles. The summed E-state index contributed by atoms with van der Waals surface area (Å²) < 4.78 is 5.71. The third-order valence-electron chi connectivity index (χ3n) is 2.63. The second-order valence-electron chi connectivity index (χ2n) is 3.78. The number of hydrogen-bond donors (Lipinski definition) is 2. The SMILES string of the molecule is O=c1nc(P2CNCCO2)c2ccccc2[nH]1. The van der Waals surface area contributed by atoms with Crippen molar-refractivity contribution in [3.63, 3.8) is 0 Å². The van der Waals surface area contributed by atoms with Crippen LogP contribution in [0, 0.1) is 0 Å². The van der Waals surface area contributed by atoms with Gasteiger partial charge in [-0.3, -0.25) is 0 Å². The van der Waals surface area contributed by atoms with Gasteiger partial charge in [0.05, 0.1) is 20.3 Å². The summed E-state index contributed by atoms with van der Waals surface area (Å²) in [6.45, 7) is 1.54. The van der Waals surface area contributed by atoms with Gasteiger partial charge in [-0.1, -0.05) is 18.2 Å². The standard InChI is InChI=1S/C11H12N3O2P/c15-11-13-9-4-2-1-3-8(9)10(14-11)17-7-12-5-6-16-17/h1-4,12H,5-7H2,(H,13,14,15). The molecule has 0 radical (unpaired) electrons. The van der Waals surface area contributed by atoms with Crippen molar-refractivity contribution < 1.29 is 4.52 Å². The van der Waals surface area contributed by atoms with E-state index in [1.54, 1.807) is 0 Å². The van der Waals surface area contributed by atoms with Crippen molar-refractivity contribution in [2.24, 2.45) is 0 Å². The number of para-hydroxylation sites is 1. The topological polar surface area (TPSA) is 67.0 Å². The van der Waals surface area contributed by atoms with E-state index < -0.39 is 8.15 Å². The highest BCUT2D eigenvalue weighted by Crippen LogP contribution is 2.36. The number of benzene rings is 1. The Hall–Kier alpha value is -1.29. The quantitative estimate of drug-likeness (QED) is 0.723. The van der Waals surface area contributed by atoms with Crippen molar-refractivity contribution in [2.75, 3.05) is 19.4 Å². The predicted octanol–water partition coefficient (Wildman–Crippen LogP) is 0.523. The largest absolute Gasteiger partial charge is 0.350 e. The molecule has 1 atom stereocenters. The maximum absolute atomic E-state index is 11.5. The van der Waals surface area contributed by atoms with E-state index in [2.05, 4.69) is 15.3 Å². The van der Waals surface area contributed by atoms with E-state index in [1.165, 1.54) is 0 Å². The first-order valence-corrected chi connectivity index (χ1v) is 6.89. The van der Waals surface area contributed by atoms with Gasteiger partial charge in [-0.25, -0.2) is 4.79 Å². The molecule has 6 heteroatoms. The predicted molar refractivity (Wildman–Crippen MR) is 67.7 cm³/mol. The number of hydrogen-bond acceptors (Lipinski definition) is 4. The number of fused-ring (bicyclic) bond motifs is 1. The molecular weight excluding hydrogens is 237 g/mol. The zero-order valence-corrected chi connectivity index (χ0v) is 10.0. The van der Waals surface area contributed by atoms with Gasteiger partial charge in [0.15, 0.2) is 0 Å². The third kappa shape index (κ3) is 2.09. The molecule has 17 heavy (non-hydrogen) atoms. The molecule has 1 aliphatic rings. The average Bonchev–Trinajstić information content (AvgIpc) is 2.39. The second-order valence-corrected chi connectivity index (χ2v) is 5.54. The molecule has 1 aromatic carbocycles. The monoisotopic (exact) mass is 249 g/mol. The molecule has 0 saturated carbocycles. The fourth-order valence-corrected chi connectivity index (χ4v) is 3.57. The Kier molecular flexibility index (Phi) is 2.89. The van der Waals surface area contributed by atoms with Crippen molar-refractivity contribution in [1.29, 1.82) is 0 Å². The summed E-state index contributed by atoms with van der Waals surface area (Å²) in [5.74, 6) is 0. The lowest BCUT2D eigenvalue weighted by Gasteiger charge is -2.23. The minimum atomic E-state index is -0.825. The van der Waals surface area contributed by atoms with E-state index >= 15 is 0 Å². The molecule has 5 nitrogen and oxygen atoms in total. The molecule has 2 N–H and O–H groups in total. The summed E-state index contributed by atoms with van der Waals surface area (Å²) in [6.07, 6.45) is 0.760. The van der Waals surface area contributed by atoms with E-state index in [0.29, 0.717) is 6.61 Å². The Bertz CT molecular complexity index is 593. The van der Waals surface area contributed by atoms with Crippen LogP contribution in [0.4, 0.5) is 0 Å². The number of aromatic nitrogens is 2. The van der Waals surface area contributed by atoms with Crippen LogP contribution in [-0.2, 0) is 4.52 Å². The van der Waals surface area contributed by atoms with Gasteiger partial charge in [-0.2, -0.15) is 4.98 Å². The van der Waals surface area contributed by atoms with Crippen LogP contribution >= 0.6 is 8.15 Å². The van der Waals surface area contributed by atoms with Gasteiger partial charge < -0.3 is 14.8 Å². The van der Waals surface area contributed by atoms with Crippen molar-refractivity contribution >= 4 is 24.5 Å². The van der Waals surface area contributed by atoms with Gasteiger partial charge in [-0.05, 0) is 6.07 Å². The highest BCUT2D eigenvalue weighted by molar-refractivity contribution is 7.61. The summed E-state index contributed by atoms with van der Waals surface area (Å²) in [5.41, 5.74) is 1.29. The fraction of sp³-hybridized carbons (Fsp3) is 0.273. The van der Waals surface area contributed by atoms with Gasteiger partial charge >= 0.3 is 5.69 Å². The zero-order valence-electron chi connectivity index (χ0n) is 9.14. The molecule has 1 aliphatic heterocycles. The highest BCUT2D eigenvalue weighted by atomic mass is 31.1. The summed E-state index contributed by atoms with van der Waals surface area (Å²) >= 11 is 0. The van der Waals surface area contributed by atoms with E-state index in [9.17, 15) is 4.79 Å². The van der Waals surface area contributed by atoms with Gasteiger partial charge in [0, 0.05) is 18.2 Å². The minimum absolute atomic E-state index is 0.310. The number of rotatable bonds is 1. The maximum Gasteiger partial charge on any atom is 0.346 e. The average molecular weight is 249 g/mol. The maximum atomic E-state index is 11.5. The van der Waals surface area contributed by atoms with Gasteiger partial charge in [0.1, 0.15) is 5.44 Å². The third-order valence-corrected chi connectivity index (χ3v) is 4.45. The van der Waals surface area contributed by atoms with Gasteiger partial charge in [0.25, 0.3) is 0 Å². The molecule has 88 valence electrons. The molecule has 0 aliphatic carbocycles. The molecule has 0 amide bonds. The summed E-state index contributed by atoms with van der Waals surface area (Å²) in [5, 5.41) is 4.24.